The van der Waals surface area contributed by atoms with Crippen LogP contribution in [0.3, 0.4) is 0 Å². The van der Waals surface area contributed by atoms with Crippen LogP contribution in [0.4, 0.5) is 5.69 Å². The molecule has 1 amide bonds. The molecular weight excluding hydrogens is 502 g/mol. The van der Waals surface area contributed by atoms with Gasteiger partial charge in [0.2, 0.25) is 0 Å². The van der Waals surface area contributed by atoms with E-state index in [4.69, 9.17) is 4.74 Å². The summed E-state index contributed by atoms with van der Waals surface area (Å²) in [6, 6.07) is 20.8. The summed E-state index contributed by atoms with van der Waals surface area (Å²) in [5.41, 5.74) is 3.58. The van der Waals surface area contributed by atoms with E-state index in [1.165, 1.54) is 30.1 Å². The summed E-state index contributed by atoms with van der Waals surface area (Å²) in [5, 5.41) is 3.98. The molecule has 0 unspecified atom stereocenters. The van der Waals surface area contributed by atoms with Gasteiger partial charge >= 0.3 is 0 Å². The van der Waals surface area contributed by atoms with Gasteiger partial charge in [0, 0.05) is 9.79 Å². The topological polar surface area (TPSA) is 88.1 Å². The first-order valence-electron chi connectivity index (χ1n) is 10.7. The summed E-state index contributed by atoms with van der Waals surface area (Å²) >= 11 is 3.15. The molecule has 0 aliphatic heterocycles. The minimum absolute atomic E-state index is 0.0920. The largest absolute Gasteiger partial charge is 0.494 e. The molecule has 7 nitrogen and oxygen atoms in total. The number of amides is 1. The molecule has 0 heterocycles. The molecular formula is C25H27N3O4S3. The van der Waals surface area contributed by atoms with E-state index in [0.29, 0.717) is 18.0 Å². The molecule has 0 bridgehead atoms. The summed E-state index contributed by atoms with van der Waals surface area (Å²) in [6.07, 6.45) is 5.42. The Labute approximate surface area is 215 Å². The fourth-order valence-electron chi connectivity index (χ4n) is 3.10. The van der Waals surface area contributed by atoms with E-state index < -0.39 is 22.5 Å². The van der Waals surface area contributed by atoms with Crippen LogP contribution in [0, 0.1) is 0 Å². The van der Waals surface area contributed by atoms with E-state index in [1.807, 2.05) is 43.7 Å². The number of benzene rings is 3. The van der Waals surface area contributed by atoms with E-state index in [1.54, 1.807) is 48.2 Å². The molecule has 0 aliphatic carbocycles. The second kappa shape index (κ2) is 12.7. The van der Waals surface area contributed by atoms with E-state index in [2.05, 4.69) is 10.5 Å². The number of sulfonamides is 1. The number of hydrogen-bond donors (Lipinski definition) is 1. The molecule has 0 spiro atoms. The predicted molar refractivity (Wildman–Crippen MR) is 144 cm³/mol. The van der Waals surface area contributed by atoms with Crippen LogP contribution in [0.1, 0.15) is 12.5 Å². The van der Waals surface area contributed by atoms with Gasteiger partial charge < -0.3 is 4.74 Å². The SMILES string of the molecule is CCOc1ccc(N(CC(=O)N/N=C\c2ccc(SC)cc2)S(=O)(=O)c2ccc(SC)cc2)cc1. The normalized spacial score (nSPS) is 11.4. The van der Waals surface area contributed by atoms with Crippen molar-refractivity contribution in [1.82, 2.24) is 5.43 Å². The lowest BCUT2D eigenvalue weighted by atomic mass is 10.2. The molecule has 0 atom stereocenters. The molecule has 0 saturated heterocycles. The number of anilines is 1. The summed E-state index contributed by atoms with van der Waals surface area (Å²) < 4.78 is 33.5. The van der Waals surface area contributed by atoms with E-state index in [9.17, 15) is 13.2 Å². The van der Waals surface area contributed by atoms with Gasteiger partial charge in [0.25, 0.3) is 15.9 Å². The van der Waals surface area contributed by atoms with E-state index in [0.717, 1.165) is 19.7 Å². The maximum Gasteiger partial charge on any atom is 0.264 e. The number of ether oxygens (including phenoxy) is 1. The van der Waals surface area contributed by atoms with Crippen LogP contribution in [0.15, 0.2) is 92.6 Å². The highest BCUT2D eigenvalue weighted by Crippen LogP contribution is 2.27. The fourth-order valence-corrected chi connectivity index (χ4v) is 5.34. The number of carbonyl (C=O) groups is 1. The van der Waals surface area contributed by atoms with Gasteiger partial charge in [-0.1, -0.05) is 12.1 Å². The molecule has 0 aromatic heterocycles. The molecule has 0 aliphatic rings. The first-order valence-corrected chi connectivity index (χ1v) is 14.6. The van der Waals surface area contributed by atoms with E-state index >= 15 is 0 Å². The molecule has 3 rings (SSSR count). The lowest BCUT2D eigenvalue weighted by molar-refractivity contribution is -0.119. The molecule has 3 aromatic carbocycles. The van der Waals surface area contributed by atoms with Gasteiger partial charge in [0.15, 0.2) is 0 Å². The molecule has 3 aromatic rings. The summed E-state index contributed by atoms with van der Waals surface area (Å²) in [4.78, 5) is 14.9. The number of nitrogens with zero attached hydrogens (tertiary/aromatic N) is 2. The van der Waals surface area contributed by atoms with Crippen LogP contribution in [0.5, 0.6) is 5.75 Å². The Kier molecular flexibility index (Phi) is 9.64. The van der Waals surface area contributed by atoms with Crippen molar-refractivity contribution in [3.63, 3.8) is 0 Å². The molecule has 1 N–H and O–H groups in total. The van der Waals surface area contributed by atoms with Gasteiger partial charge in [0.1, 0.15) is 12.3 Å². The number of thioether (sulfide) groups is 2. The number of hydrogen-bond acceptors (Lipinski definition) is 7. The third-order valence-corrected chi connectivity index (χ3v) is 8.16. The molecule has 10 heteroatoms. The number of carbonyl (C=O) groups excluding carboxylic acids is 1. The average molecular weight is 530 g/mol. The van der Waals surface area contributed by atoms with Gasteiger partial charge in [-0.25, -0.2) is 13.8 Å². The van der Waals surface area contributed by atoms with Gasteiger partial charge in [-0.15, -0.1) is 23.5 Å². The first kappa shape index (κ1) is 26.7. The Hall–Kier alpha value is -2.95. The maximum absolute atomic E-state index is 13.5. The summed E-state index contributed by atoms with van der Waals surface area (Å²) in [6.45, 7) is 1.91. The summed E-state index contributed by atoms with van der Waals surface area (Å²) in [7, 11) is -4.02. The zero-order valence-corrected chi connectivity index (χ0v) is 22.1. The second-order valence-electron chi connectivity index (χ2n) is 7.18. The third kappa shape index (κ3) is 7.27. The van der Waals surface area contributed by atoms with Crippen molar-refractivity contribution in [2.45, 2.75) is 21.6 Å². The van der Waals surface area contributed by atoms with Gasteiger partial charge in [-0.3, -0.25) is 9.10 Å². The highest BCUT2D eigenvalue weighted by atomic mass is 32.2. The maximum atomic E-state index is 13.5. The highest BCUT2D eigenvalue weighted by Gasteiger charge is 2.27. The van der Waals surface area contributed by atoms with Crippen molar-refractivity contribution < 1.29 is 17.9 Å². The van der Waals surface area contributed by atoms with Crippen molar-refractivity contribution in [3.05, 3.63) is 78.4 Å². The fraction of sp³-hybridized carbons (Fsp3) is 0.200. The van der Waals surface area contributed by atoms with Gasteiger partial charge in [0.05, 0.1) is 23.4 Å². The lowest BCUT2D eigenvalue weighted by Gasteiger charge is -2.24. The second-order valence-corrected chi connectivity index (χ2v) is 10.8. The zero-order chi connectivity index (χ0) is 25.3. The van der Waals surface area contributed by atoms with Gasteiger partial charge in [-0.2, -0.15) is 5.10 Å². The number of nitrogens with one attached hydrogen (secondary N) is 1. The molecule has 35 heavy (non-hydrogen) atoms. The standard InChI is InChI=1S/C25H27N3O4S3/c1-4-32-21-9-7-20(8-10-21)28(35(30,31)24-15-13-23(34-3)14-16-24)18-25(29)27-26-17-19-5-11-22(33-2)12-6-19/h5-17H,4,18H2,1-3H3,(H,27,29)/b26-17-. The Bertz CT molecular complexity index is 1240. The van der Waals surface area contributed by atoms with Gasteiger partial charge in [-0.05, 0) is 85.7 Å². The van der Waals surface area contributed by atoms with Crippen molar-refractivity contribution in [2.24, 2.45) is 5.10 Å². The van der Waals surface area contributed by atoms with Crippen LogP contribution in [-0.2, 0) is 14.8 Å². The molecule has 0 saturated carbocycles. The van der Waals surface area contributed by atoms with Crippen LogP contribution < -0.4 is 14.5 Å². The Morgan fingerprint density at radius 2 is 1.51 bits per heavy atom. The van der Waals surface area contributed by atoms with Crippen molar-refractivity contribution in [2.75, 3.05) is 30.0 Å². The minimum atomic E-state index is -4.02. The van der Waals surface area contributed by atoms with Crippen molar-refractivity contribution in [1.29, 1.82) is 0 Å². The predicted octanol–water partition coefficient (Wildman–Crippen LogP) is 4.87. The molecule has 184 valence electrons. The number of hydrazone groups is 1. The lowest BCUT2D eigenvalue weighted by Crippen LogP contribution is -2.39. The van der Waals surface area contributed by atoms with Crippen molar-refractivity contribution >= 4 is 51.4 Å². The Balaban J connectivity index is 1.82. The quantitative estimate of drug-likeness (QED) is 0.217. The Morgan fingerprint density at radius 3 is 2.06 bits per heavy atom. The first-order chi connectivity index (χ1) is 16.9. The van der Waals surface area contributed by atoms with E-state index in [-0.39, 0.29) is 4.90 Å². The van der Waals surface area contributed by atoms with Crippen LogP contribution in [-0.4, -0.2) is 46.2 Å². The summed E-state index contributed by atoms with van der Waals surface area (Å²) in [5.74, 6) is 0.0413. The monoisotopic (exact) mass is 529 g/mol. The third-order valence-electron chi connectivity index (χ3n) is 4.89. The highest BCUT2D eigenvalue weighted by molar-refractivity contribution is 7.98. The number of rotatable bonds is 11. The Morgan fingerprint density at radius 1 is 0.943 bits per heavy atom. The van der Waals surface area contributed by atoms with Crippen LogP contribution in [0.25, 0.3) is 0 Å². The van der Waals surface area contributed by atoms with Crippen molar-refractivity contribution in [3.8, 4) is 5.75 Å². The van der Waals surface area contributed by atoms with Crippen LogP contribution in [0.2, 0.25) is 0 Å². The zero-order valence-electron chi connectivity index (χ0n) is 19.7. The molecule has 0 fully saturated rings. The minimum Gasteiger partial charge on any atom is -0.494 e. The smallest absolute Gasteiger partial charge is 0.264 e. The average Bonchev–Trinajstić information content (AvgIpc) is 2.88. The molecule has 0 radical (unpaired) electrons. The van der Waals surface area contributed by atoms with Crippen LogP contribution >= 0.6 is 23.5 Å².